The standard InChI is InChI=1S/C22H27N5O4S2/c1-5-7-12-31-16-10-8-15(9-11-16)19-25-26-22(27(19)4)32-13-17(28)24-21-23-14(3)18(33-21)20(29)30-6-2/h8-11H,5-7,12-13H2,1-4H3,(H,23,24,28). The number of hydrogen-bond donors (Lipinski definition) is 1. The number of rotatable bonds is 11. The number of ether oxygens (including phenoxy) is 2. The zero-order valence-corrected chi connectivity index (χ0v) is 20.7. The van der Waals surface area contributed by atoms with Crippen molar-refractivity contribution in [2.45, 2.75) is 38.8 Å². The molecule has 0 fully saturated rings. The van der Waals surface area contributed by atoms with Crippen LogP contribution in [0.3, 0.4) is 0 Å². The smallest absolute Gasteiger partial charge is 0.350 e. The number of thiazole rings is 1. The molecule has 0 unspecified atom stereocenters. The Balaban J connectivity index is 1.57. The van der Waals surface area contributed by atoms with E-state index in [1.54, 1.807) is 13.8 Å². The molecule has 1 N–H and O–H groups in total. The number of nitrogens with one attached hydrogen (secondary N) is 1. The van der Waals surface area contributed by atoms with Crippen LogP contribution in [0.5, 0.6) is 5.75 Å². The molecule has 0 aliphatic rings. The summed E-state index contributed by atoms with van der Waals surface area (Å²) in [5.74, 6) is 0.970. The lowest BCUT2D eigenvalue weighted by molar-refractivity contribution is -0.113. The first-order valence-electron chi connectivity index (χ1n) is 10.6. The van der Waals surface area contributed by atoms with E-state index in [0.717, 1.165) is 35.5 Å². The van der Waals surface area contributed by atoms with Gasteiger partial charge in [-0.3, -0.25) is 4.79 Å². The fraction of sp³-hybridized carbons (Fsp3) is 0.409. The highest BCUT2D eigenvalue weighted by molar-refractivity contribution is 7.99. The molecule has 0 spiro atoms. The van der Waals surface area contributed by atoms with E-state index in [1.165, 1.54) is 11.8 Å². The molecular formula is C22H27N5O4S2. The summed E-state index contributed by atoms with van der Waals surface area (Å²) >= 11 is 2.37. The molecule has 33 heavy (non-hydrogen) atoms. The molecule has 3 aromatic rings. The second kappa shape index (κ2) is 11.8. The molecule has 0 bridgehead atoms. The van der Waals surface area contributed by atoms with Gasteiger partial charge in [-0.05, 0) is 44.5 Å². The largest absolute Gasteiger partial charge is 0.494 e. The number of nitrogens with zero attached hydrogens (tertiary/aromatic N) is 4. The molecule has 2 aromatic heterocycles. The van der Waals surface area contributed by atoms with E-state index >= 15 is 0 Å². The predicted octanol–water partition coefficient (Wildman–Crippen LogP) is 4.33. The van der Waals surface area contributed by atoms with Crippen LogP contribution in [0.1, 0.15) is 42.1 Å². The Labute approximate surface area is 200 Å². The molecule has 1 amide bonds. The second-order valence-electron chi connectivity index (χ2n) is 7.08. The third kappa shape index (κ3) is 6.55. The lowest BCUT2D eigenvalue weighted by Crippen LogP contribution is -2.14. The topological polar surface area (TPSA) is 108 Å². The fourth-order valence-corrected chi connectivity index (χ4v) is 4.44. The van der Waals surface area contributed by atoms with Gasteiger partial charge in [0.15, 0.2) is 16.1 Å². The van der Waals surface area contributed by atoms with Crippen molar-refractivity contribution in [1.82, 2.24) is 19.7 Å². The van der Waals surface area contributed by atoms with Gasteiger partial charge in [-0.2, -0.15) is 0 Å². The Kier molecular flexibility index (Phi) is 8.84. The Morgan fingerprint density at radius 3 is 2.64 bits per heavy atom. The molecule has 3 rings (SSSR count). The maximum Gasteiger partial charge on any atom is 0.350 e. The second-order valence-corrected chi connectivity index (χ2v) is 9.02. The molecule has 0 saturated heterocycles. The molecule has 0 atom stereocenters. The van der Waals surface area contributed by atoms with Crippen molar-refractivity contribution in [3.05, 3.63) is 34.8 Å². The first-order chi connectivity index (χ1) is 15.9. The fourth-order valence-electron chi connectivity index (χ4n) is 2.85. The van der Waals surface area contributed by atoms with Gasteiger partial charge in [-0.1, -0.05) is 36.4 Å². The molecular weight excluding hydrogens is 462 g/mol. The molecule has 176 valence electrons. The van der Waals surface area contributed by atoms with Gasteiger partial charge in [-0.15, -0.1) is 10.2 Å². The van der Waals surface area contributed by atoms with Crippen molar-refractivity contribution in [2.24, 2.45) is 7.05 Å². The summed E-state index contributed by atoms with van der Waals surface area (Å²) in [6.45, 7) is 6.56. The summed E-state index contributed by atoms with van der Waals surface area (Å²) in [7, 11) is 1.86. The number of thioether (sulfide) groups is 1. The molecule has 9 nitrogen and oxygen atoms in total. The van der Waals surface area contributed by atoms with Crippen LogP contribution in [-0.4, -0.2) is 50.6 Å². The van der Waals surface area contributed by atoms with E-state index < -0.39 is 5.97 Å². The minimum Gasteiger partial charge on any atom is -0.494 e. The summed E-state index contributed by atoms with van der Waals surface area (Å²) in [4.78, 5) is 28.9. The third-order valence-corrected chi connectivity index (χ3v) is 6.62. The minimum absolute atomic E-state index is 0.129. The van der Waals surface area contributed by atoms with Crippen LogP contribution in [-0.2, 0) is 16.6 Å². The van der Waals surface area contributed by atoms with Gasteiger partial charge in [-0.25, -0.2) is 9.78 Å². The van der Waals surface area contributed by atoms with Gasteiger partial charge in [0.05, 0.1) is 24.7 Å². The highest BCUT2D eigenvalue weighted by atomic mass is 32.2. The third-order valence-electron chi connectivity index (χ3n) is 4.55. The van der Waals surface area contributed by atoms with Crippen molar-refractivity contribution in [3.63, 3.8) is 0 Å². The Bertz CT molecular complexity index is 1090. The van der Waals surface area contributed by atoms with Gasteiger partial charge in [0.1, 0.15) is 10.6 Å². The van der Waals surface area contributed by atoms with E-state index in [4.69, 9.17) is 9.47 Å². The van der Waals surface area contributed by atoms with Crippen molar-refractivity contribution in [1.29, 1.82) is 0 Å². The number of unbranched alkanes of at least 4 members (excludes halogenated alkanes) is 1. The van der Waals surface area contributed by atoms with Crippen LogP contribution in [0, 0.1) is 6.92 Å². The number of carbonyl (C=O) groups excluding carboxylic acids is 2. The number of anilines is 1. The minimum atomic E-state index is -0.436. The monoisotopic (exact) mass is 489 g/mol. The summed E-state index contributed by atoms with van der Waals surface area (Å²) in [6.07, 6.45) is 2.11. The lowest BCUT2D eigenvalue weighted by Gasteiger charge is -2.07. The zero-order valence-electron chi connectivity index (χ0n) is 19.1. The summed E-state index contributed by atoms with van der Waals surface area (Å²) in [5.41, 5.74) is 1.44. The predicted molar refractivity (Wildman–Crippen MR) is 129 cm³/mol. The maximum absolute atomic E-state index is 12.4. The molecule has 2 heterocycles. The zero-order chi connectivity index (χ0) is 23.8. The average Bonchev–Trinajstić information content (AvgIpc) is 3.35. The number of amides is 1. The van der Waals surface area contributed by atoms with Crippen molar-refractivity contribution in [3.8, 4) is 17.1 Å². The van der Waals surface area contributed by atoms with Crippen LogP contribution in [0.4, 0.5) is 5.13 Å². The number of benzene rings is 1. The van der Waals surface area contributed by atoms with Crippen LogP contribution >= 0.6 is 23.1 Å². The molecule has 0 saturated carbocycles. The first kappa shape index (κ1) is 24.7. The first-order valence-corrected chi connectivity index (χ1v) is 12.4. The summed E-state index contributed by atoms with van der Waals surface area (Å²) < 4.78 is 12.5. The number of esters is 1. The van der Waals surface area contributed by atoms with E-state index in [9.17, 15) is 9.59 Å². The van der Waals surface area contributed by atoms with Gasteiger partial charge in [0.2, 0.25) is 5.91 Å². The highest BCUT2D eigenvalue weighted by Crippen LogP contribution is 2.26. The maximum atomic E-state index is 12.4. The Morgan fingerprint density at radius 1 is 1.18 bits per heavy atom. The van der Waals surface area contributed by atoms with Gasteiger partial charge in [0.25, 0.3) is 0 Å². The van der Waals surface area contributed by atoms with Crippen molar-refractivity contribution >= 4 is 40.1 Å². The SMILES string of the molecule is CCCCOc1ccc(-c2nnc(SCC(=O)Nc3nc(C)c(C(=O)OCC)s3)n2C)cc1. The molecule has 0 radical (unpaired) electrons. The van der Waals surface area contributed by atoms with E-state index in [2.05, 4.69) is 27.4 Å². The Morgan fingerprint density at radius 2 is 1.94 bits per heavy atom. The van der Waals surface area contributed by atoms with E-state index in [1.807, 2.05) is 35.9 Å². The van der Waals surface area contributed by atoms with Gasteiger partial charge >= 0.3 is 5.97 Å². The highest BCUT2D eigenvalue weighted by Gasteiger charge is 2.18. The number of carbonyl (C=O) groups is 2. The van der Waals surface area contributed by atoms with Crippen LogP contribution in [0.15, 0.2) is 29.4 Å². The average molecular weight is 490 g/mol. The van der Waals surface area contributed by atoms with Crippen LogP contribution in [0.25, 0.3) is 11.4 Å². The van der Waals surface area contributed by atoms with Gasteiger partial charge in [0, 0.05) is 12.6 Å². The molecule has 1 aromatic carbocycles. The quantitative estimate of drug-likeness (QED) is 0.241. The molecule has 11 heteroatoms. The normalized spacial score (nSPS) is 10.8. The van der Waals surface area contributed by atoms with Gasteiger partial charge < -0.3 is 19.4 Å². The van der Waals surface area contributed by atoms with E-state index in [0.29, 0.717) is 33.3 Å². The van der Waals surface area contributed by atoms with Crippen LogP contribution in [0.2, 0.25) is 0 Å². The Hall–Kier alpha value is -2.92. The van der Waals surface area contributed by atoms with Crippen LogP contribution < -0.4 is 10.1 Å². The van der Waals surface area contributed by atoms with Crippen molar-refractivity contribution < 1.29 is 19.1 Å². The number of aromatic nitrogens is 4. The number of aryl methyl sites for hydroxylation is 1. The number of hydrogen-bond acceptors (Lipinski definition) is 9. The molecule has 0 aliphatic heterocycles. The van der Waals surface area contributed by atoms with E-state index in [-0.39, 0.29) is 18.3 Å². The molecule has 0 aliphatic carbocycles. The lowest BCUT2D eigenvalue weighted by atomic mass is 10.2. The van der Waals surface area contributed by atoms with Crippen molar-refractivity contribution in [2.75, 3.05) is 24.3 Å². The summed E-state index contributed by atoms with van der Waals surface area (Å²) in [5, 5.41) is 12.2. The summed E-state index contributed by atoms with van der Waals surface area (Å²) in [6, 6.07) is 7.72.